The number of amides is 1. The van der Waals surface area contributed by atoms with Crippen LogP contribution in [0.15, 0.2) is 42.5 Å². The van der Waals surface area contributed by atoms with Crippen LogP contribution in [0.3, 0.4) is 0 Å². The second-order valence-electron chi connectivity index (χ2n) is 4.60. The van der Waals surface area contributed by atoms with Gasteiger partial charge in [0.05, 0.1) is 13.2 Å². The van der Waals surface area contributed by atoms with Gasteiger partial charge in [0.25, 0.3) is 5.91 Å². The molecule has 0 aliphatic heterocycles. The maximum atomic E-state index is 13.6. The third-order valence-electron chi connectivity index (χ3n) is 3.13. The summed E-state index contributed by atoms with van der Waals surface area (Å²) in [6, 6.07) is 9.51. The summed E-state index contributed by atoms with van der Waals surface area (Å²) < 4.78 is 31.2. The number of rotatable bonds is 4. The Morgan fingerprint density at radius 3 is 2.38 bits per heavy atom. The van der Waals surface area contributed by atoms with E-state index in [1.54, 1.807) is 19.1 Å². The van der Waals surface area contributed by atoms with Crippen molar-refractivity contribution in [2.75, 3.05) is 7.11 Å². The van der Waals surface area contributed by atoms with Crippen molar-refractivity contribution in [3.05, 3.63) is 65.2 Å². The van der Waals surface area contributed by atoms with E-state index in [0.717, 1.165) is 11.6 Å². The Balaban J connectivity index is 2.10. The lowest BCUT2D eigenvalue weighted by Crippen LogP contribution is -2.26. The van der Waals surface area contributed by atoms with Gasteiger partial charge in [-0.15, -0.1) is 0 Å². The van der Waals surface area contributed by atoms with Crippen molar-refractivity contribution in [2.24, 2.45) is 0 Å². The third-order valence-corrected chi connectivity index (χ3v) is 3.13. The van der Waals surface area contributed by atoms with Gasteiger partial charge < -0.3 is 10.1 Å². The molecule has 1 N–H and O–H groups in total. The minimum absolute atomic E-state index is 0.0816. The van der Waals surface area contributed by atoms with E-state index in [2.05, 4.69) is 5.32 Å². The molecule has 2 rings (SSSR count). The van der Waals surface area contributed by atoms with E-state index in [9.17, 15) is 13.6 Å². The number of ether oxygens (including phenoxy) is 1. The number of nitrogens with one attached hydrogen (secondary N) is 1. The lowest BCUT2D eigenvalue weighted by atomic mass is 10.1. The van der Waals surface area contributed by atoms with Gasteiger partial charge >= 0.3 is 0 Å². The highest BCUT2D eigenvalue weighted by Crippen LogP contribution is 2.19. The summed E-state index contributed by atoms with van der Waals surface area (Å²) in [6.45, 7) is 1.77. The predicted molar refractivity (Wildman–Crippen MR) is 75.2 cm³/mol. The van der Waals surface area contributed by atoms with E-state index in [1.165, 1.54) is 31.4 Å². The van der Waals surface area contributed by atoms with Gasteiger partial charge in [-0.2, -0.15) is 0 Å². The number of hydrogen-bond acceptors (Lipinski definition) is 2. The smallest absolute Gasteiger partial charge is 0.251 e. The monoisotopic (exact) mass is 291 g/mol. The van der Waals surface area contributed by atoms with Crippen molar-refractivity contribution in [3.63, 3.8) is 0 Å². The Morgan fingerprint density at radius 1 is 1.14 bits per heavy atom. The van der Waals surface area contributed by atoms with E-state index in [4.69, 9.17) is 4.74 Å². The molecular weight excluding hydrogens is 276 g/mol. The molecule has 2 aromatic rings. The maximum Gasteiger partial charge on any atom is 0.251 e. The largest absolute Gasteiger partial charge is 0.494 e. The predicted octanol–water partition coefficient (Wildman–Crippen LogP) is 3.46. The molecule has 2 aromatic carbocycles. The van der Waals surface area contributed by atoms with Crippen LogP contribution in [0.2, 0.25) is 0 Å². The molecule has 3 nitrogen and oxygen atoms in total. The highest BCUT2D eigenvalue weighted by Gasteiger charge is 2.13. The highest BCUT2D eigenvalue weighted by atomic mass is 19.1. The van der Waals surface area contributed by atoms with E-state index in [0.29, 0.717) is 0 Å². The molecule has 5 heteroatoms. The summed E-state index contributed by atoms with van der Waals surface area (Å²) in [5, 5.41) is 2.73. The molecule has 21 heavy (non-hydrogen) atoms. The van der Waals surface area contributed by atoms with Crippen molar-refractivity contribution in [1.29, 1.82) is 0 Å². The number of hydrogen-bond donors (Lipinski definition) is 1. The van der Waals surface area contributed by atoms with Crippen LogP contribution in [0.25, 0.3) is 0 Å². The van der Waals surface area contributed by atoms with E-state index in [-0.39, 0.29) is 23.2 Å². The maximum absolute atomic E-state index is 13.6. The van der Waals surface area contributed by atoms with Crippen LogP contribution in [0.4, 0.5) is 8.78 Å². The van der Waals surface area contributed by atoms with Gasteiger partial charge in [0.1, 0.15) is 5.82 Å². The number of halogens is 2. The zero-order chi connectivity index (χ0) is 15.4. The average molecular weight is 291 g/mol. The molecule has 0 heterocycles. The van der Waals surface area contributed by atoms with Crippen molar-refractivity contribution in [3.8, 4) is 5.75 Å². The molecular formula is C16H15F2NO2. The molecule has 0 unspecified atom stereocenters. The van der Waals surface area contributed by atoms with Crippen LogP contribution in [0, 0.1) is 11.6 Å². The van der Waals surface area contributed by atoms with Gasteiger partial charge in [0.2, 0.25) is 0 Å². The topological polar surface area (TPSA) is 38.3 Å². The van der Waals surface area contributed by atoms with Gasteiger partial charge in [0.15, 0.2) is 11.6 Å². The van der Waals surface area contributed by atoms with Crippen molar-refractivity contribution >= 4 is 5.91 Å². The Kier molecular flexibility index (Phi) is 4.52. The van der Waals surface area contributed by atoms with Crippen LogP contribution in [-0.4, -0.2) is 13.0 Å². The molecule has 0 saturated carbocycles. The molecule has 110 valence electrons. The van der Waals surface area contributed by atoms with Gasteiger partial charge in [0, 0.05) is 5.56 Å². The summed E-state index contributed by atoms with van der Waals surface area (Å²) in [7, 11) is 1.36. The summed E-state index contributed by atoms with van der Waals surface area (Å²) >= 11 is 0. The minimum atomic E-state index is -0.598. The van der Waals surface area contributed by atoms with Crippen molar-refractivity contribution < 1.29 is 18.3 Å². The zero-order valence-corrected chi connectivity index (χ0v) is 11.7. The average Bonchev–Trinajstić information content (AvgIpc) is 2.47. The second-order valence-corrected chi connectivity index (χ2v) is 4.60. The summed E-state index contributed by atoms with van der Waals surface area (Å²) in [5.74, 6) is -1.26. The molecule has 1 amide bonds. The fraction of sp³-hybridized carbons (Fsp3) is 0.188. The van der Waals surface area contributed by atoms with E-state index in [1.807, 2.05) is 0 Å². The first-order valence-corrected chi connectivity index (χ1v) is 6.41. The molecule has 0 aliphatic carbocycles. The van der Waals surface area contributed by atoms with Crippen LogP contribution in [-0.2, 0) is 0 Å². The Morgan fingerprint density at radius 2 is 1.81 bits per heavy atom. The van der Waals surface area contributed by atoms with Gasteiger partial charge in [-0.1, -0.05) is 12.1 Å². The molecule has 0 aromatic heterocycles. The fourth-order valence-electron chi connectivity index (χ4n) is 1.92. The lowest BCUT2D eigenvalue weighted by molar-refractivity contribution is 0.0939. The van der Waals surface area contributed by atoms with E-state index >= 15 is 0 Å². The lowest BCUT2D eigenvalue weighted by Gasteiger charge is -2.14. The minimum Gasteiger partial charge on any atom is -0.494 e. The number of methoxy groups -OCH3 is 1. The van der Waals surface area contributed by atoms with Crippen molar-refractivity contribution in [1.82, 2.24) is 5.32 Å². The van der Waals surface area contributed by atoms with Gasteiger partial charge in [-0.05, 0) is 42.8 Å². The normalized spacial score (nSPS) is 11.8. The van der Waals surface area contributed by atoms with Crippen LogP contribution in [0.5, 0.6) is 5.75 Å². The third kappa shape index (κ3) is 3.56. The number of benzene rings is 2. The van der Waals surface area contributed by atoms with Crippen LogP contribution in [0.1, 0.15) is 28.9 Å². The standard InChI is InChI=1S/C16H15F2NO2/c1-10(11-3-6-13(17)7-4-11)19-16(20)12-5-8-15(21-2)14(18)9-12/h3-10H,1-2H3,(H,19,20)/t10-/m1/s1. The Labute approximate surface area is 121 Å². The molecule has 0 radical (unpaired) electrons. The van der Waals surface area contributed by atoms with Crippen LogP contribution < -0.4 is 10.1 Å². The Bertz CT molecular complexity index is 641. The first-order valence-electron chi connectivity index (χ1n) is 6.41. The second kappa shape index (κ2) is 6.35. The number of carbonyl (C=O) groups is 1. The van der Waals surface area contributed by atoms with Gasteiger partial charge in [-0.3, -0.25) is 4.79 Å². The number of carbonyl (C=O) groups excluding carboxylic acids is 1. The zero-order valence-electron chi connectivity index (χ0n) is 11.7. The molecule has 0 aliphatic rings. The molecule has 0 saturated heterocycles. The van der Waals surface area contributed by atoms with Crippen LogP contribution >= 0.6 is 0 Å². The molecule has 0 spiro atoms. The van der Waals surface area contributed by atoms with E-state index < -0.39 is 11.7 Å². The molecule has 0 bridgehead atoms. The highest BCUT2D eigenvalue weighted by molar-refractivity contribution is 5.94. The SMILES string of the molecule is COc1ccc(C(=O)N[C@H](C)c2ccc(F)cc2)cc1F. The molecule has 1 atom stereocenters. The summed E-state index contributed by atoms with van der Waals surface area (Å²) in [5.41, 5.74) is 0.959. The first-order chi connectivity index (χ1) is 10.0. The quantitative estimate of drug-likeness (QED) is 0.936. The summed E-state index contributed by atoms with van der Waals surface area (Å²) in [6.07, 6.45) is 0. The molecule has 0 fully saturated rings. The fourth-order valence-corrected chi connectivity index (χ4v) is 1.92. The van der Waals surface area contributed by atoms with Gasteiger partial charge in [-0.25, -0.2) is 8.78 Å². The Hall–Kier alpha value is -2.43. The summed E-state index contributed by atoms with van der Waals surface area (Å²) in [4.78, 5) is 12.1. The first kappa shape index (κ1) is 15.0. The van der Waals surface area contributed by atoms with Crippen molar-refractivity contribution in [2.45, 2.75) is 13.0 Å².